The highest BCUT2D eigenvalue weighted by molar-refractivity contribution is 5.83. The minimum atomic E-state index is 0.0836. The van der Waals surface area contributed by atoms with Gasteiger partial charge in [-0.2, -0.15) is 0 Å². The van der Waals surface area contributed by atoms with Crippen LogP contribution in [0.1, 0.15) is 29.9 Å². The first-order chi connectivity index (χ1) is 9.31. The predicted octanol–water partition coefficient (Wildman–Crippen LogP) is 1.19. The molecule has 3 nitrogen and oxygen atoms in total. The molecule has 19 heavy (non-hydrogen) atoms. The van der Waals surface area contributed by atoms with Gasteiger partial charge in [-0.1, -0.05) is 24.3 Å². The van der Waals surface area contributed by atoms with Crippen LogP contribution in [0.4, 0.5) is 0 Å². The number of piperidine rings is 1. The predicted molar refractivity (Wildman–Crippen MR) is 71.7 cm³/mol. The second-order valence-corrected chi connectivity index (χ2v) is 6.68. The fraction of sp³-hybridized carbons (Fsp3) is 0.562. The molecule has 0 unspecified atom stereocenters. The van der Waals surface area contributed by atoms with Crippen LogP contribution in [0.15, 0.2) is 24.3 Å². The Morgan fingerprint density at radius 2 is 2.16 bits per heavy atom. The summed E-state index contributed by atoms with van der Waals surface area (Å²) < 4.78 is 0. The summed E-state index contributed by atoms with van der Waals surface area (Å²) in [7, 11) is 0. The van der Waals surface area contributed by atoms with Crippen LogP contribution in [0, 0.1) is 11.8 Å². The van der Waals surface area contributed by atoms with Crippen molar-refractivity contribution in [1.82, 2.24) is 10.6 Å². The molecular weight excluding hydrogens is 236 g/mol. The van der Waals surface area contributed by atoms with Gasteiger partial charge in [0.15, 0.2) is 0 Å². The third-order valence-electron chi connectivity index (χ3n) is 5.54. The molecule has 1 aromatic rings. The molecule has 3 heteroatoms. The van der Waals surface area contributed by atoms with Crippen molar-refractivity contribution in [3.8, 4) is 0 Å². The zero-order valence-corrected chi connectivity index (χ0v) is 10.8. The van der Waals surface area contributed by atoms with Gasteiger partial charge in [0, 0.05) is 18.0 Å². The van der Waals surface area contributed by atoms with E-state index in [0.29, 0.717) is 23.9 Å². The van der Waals surface area contributed by atoms with Crippen LogP contribution >= 0.6 is 0 Å². The number of rotatable bonds is 2. The molecule has 98 valence electrons. The molecule has 1 saturated heterocycles. The number of hydrogen-bond acceptors (Lipinski definition) is 2. The van der Waals surface area contributed by atoms with Crippen molar-refractivity contribution in [1.29, 1.82) is 0 Å². The summed E-state index contributed by atoms with van der Waals surface area (Å²) in [6.07, 6.45) is 3.48. The van der Waals surface area contributed by atoms with Crippen LogP contribution < -0.4 is 10.6 Å². The largest absolute Gasteiger partial charge is 0.351 e. The topological polar surface area (TPSA) is 41.1 Å². The highest BCUT2D eigenvalue weighted by Gasteiger charge is 2.57. The van der Waals surface area contributed by atoms with Gasteiger partial charge in [0.1, 0.15) is 0 Å². The minimum Gasteiger partial charge on any atom is -0.351 e. The van der Waals surface area contributed by atoms with E-state index >= 15 is 0 Å². The van der Waals surface area contributed by atoms with Crippen LogP contribution in [0.2, 0.25) is 0 Å². The number of carbonyl (C=O) groups excluding carboxylic acids is 1. The van der Waals surface area contributed by atoms with E-state index in [9.17, 15) is 4.79 Å². The molecule has 5 rings (SSSR count). The maximum absolute atomic E-state index is 12.2. The summed E-state index contributed by atoms with van der Waals surface area (Å²) in [5, 5.41) is 6.71. The van der Waals surface area contributed by atoms with Crippen LogP contribution in [-0.2, 0) is 11.2 Å². The van der Waals surface area contributed by atoms with E-state index in [-0.39, 0.29) is 11.9 Å². The van der Waals surface area contributed by atoms with E-state index in [1.54, 1.807) is 0 Å². The number of benzene rings is 1. The Kier molecular flexibility index (Phi) is 1.87. The summed E-state index contributed by atoms with van der Waals surface area (Å²) >= 11 is 0. The van der Waals surface area contributed by atoms with Crippen molar-refractivity contribution in [3.05, 3.63) is 35.4 Å². The van der Waals surface area contributed by atoms with Crippen molar-refractivity contribution >= 4 is 5.91 Å². The Balaban J connectivity index is 1.27. The normalized spacial score (nSPS) is 44.2. The quantitative estimate of drug-likeness (QED) is 0.832. The second kappa shape index (κ2) is 3.40. The summed E-state index contributed by atoms with van der Waals surface area (Å²) in [6.45, 7) is 0. The summed E-state index contributed by atoms with van der Waals surface area (Å²) in [6, 6.07) is 9.83. The number of fused-ring (bicyclic) bond motifs is 4. The smallest absolute Gasteiger partial charge is 0.237 e. The summed E-state index contributed by atoms with van der Waals surface area (Å²) in [5.74, 6) is 2.28. The molecule has 0 bridgehead atoms. The molecule has 1 heterocycles. The molecule has 3 aliphatic carbocycles. The number of nitrogens with one attached hydrogen (secondary N) is 2. The minimum absolute atomic E-state index is 0.0836. The Bertz CT molecular complexity index is 560. The van der Waals surface area contributed by atoms with Gasteiger partial charge in [-0.25, -0.2) is 0 Å². The fourth-order valence-corrected chi connectivity index (χ4v) is 4.34. The highest BCUT2D eigenvalue weighted by atomic mass is 16.2. The van der Waals surface area contributed by atoms with E-state index in [1.807, 2.05) is 0 Å². The highest BCUT2D eigenvalue weighted by Crippen LogP contribution is 2.56. The molecule has 0 spiro atoms. The van der Waals surface area contributed by atoms with Crippen LogP contribution in [0.3, 0.4) is 0 Å². The maximum Gasteiger partial charge on any atom is 0.237 e. The van der Waals surface area contributed by atoms with Gasteiger partial charge < -0.3 is 10.6 Å². The van der Waals surface area contributed by atoms with Crippen LogP contribution in [0.5, 0.6) is 0 Å². The van der Waals surface area contributed by atoms with Gasteiger partial charge in [-0.15, -0.1) is 0 Å². The lowest BCUT2D eigenvalue weighted by Gasteiger charge is -2.15. The molecule has 4 aliphatic rings. The molecule has 1 amide bonds. The van der Waals surface area contributed by atoms with Gasteiger partial charge in [-0.3, -0.25) is 4.79 Å². The lowest BCUT2D eigenvalue weighted by Crippen LogP contribution is -2.44. The van der Waals surface area contributed by atoms with E-state index < -0.39 is 0 Å². The molecular formula is C16H18N2O. The molecule has 2 saturated carbocycles. The Morgan fingerprint density at radius 3 is 3.00 bits per heavy atom. The molecule has 3 fully saturated rings. The first kappa shape index (κ1) is 10.4. The van der Waals surface area contributed by atoms with Gasteiger partial charge >= 0.3 is 0 Å². The zero-order chi connectivity index (χ0) is 12.6. The number of carbonyl (C=O) groups is 1. The van der Waals surface area contributed by atoms with Crippen molar-refractivity contribution < 1.29 is 4.79 Å². The SMILES string of the molecule is O=C(N[C@@H]1[C@H]2Cc3ccccc3[C@H]21)[C@@H]1C[C@H]2C[C@H]2N1. The first-order valence-electron chi connectivity index (χ1n) is 7.45. The molecule has 0 aromatic heterocycles. The molecule has 2 N–H and O–H groups in total. The van der Waals surface area contributed by atoms with E-state index in [4.69, 9.17) is 0 Å². The van der Waals surface area contributed by atoms with Gasteiger partial charge in [-0.05, 0) is 42.2 Å². The average Bonchev–Trinajstić information content (AvgIpc) is 3.21. The standard InChI is InChI=1S/C16H18N2O/c19-16(13-7-9-6-12(9)17-13)18-15-11-5-8-3-1-2-4-10(8)14(11)15/h1-4,9,11-15,17H,5-7H2,(H,18,19)/t9-,11+,12-,13+,14-,15-/m1/s1. The Hall–Kier alpha value is -1.35. The second-order valence-electron chi connectivity index (χ2n) is 6.68. The summed E-state index contributed by atoms with van der Waals surface area (Å²) in [4.78, 5) is 12.2. The summed E-state index contributed by atoms with van der Waals surface area (Å²) in [5.41, 5.74) is 2.96. The van der Waals surface area contributed by atoms with Gasteiger partial charge in [0.25, 0.3) is 0 Å². The lowest BCUT2D eigenvalue weighted by atomic mass is 10.0. The molecule has 1 aromatic carbocycles. The lowest BCUT2D eigenvalue weighted by molar-refractivity contribution is -0.123. The van der Waals surface area contributed by atoms with E-state index in [0.717, 1.165) is 18.8 Å². The van der Waals surface area contributed by atoms with Crippen molar-refractivity contribution in [2.45, 2.75) is 43.3 Å². The van der Waals surface area contributed by atoms with E-state index in [1.165, 1.54) is 17.5 Å². The average molecular weight is 254 g/mol. The Morgan fingerprint density at radius 1 is 1.26 bits per heavy atom. The Labute approximate surface area is 112 Å². The fourth-order valence-electron chi connectivity index (χ4n) is 4.34. The monoisotopic (exact) mass is 254 g/mol. The first-order valence-corrected chi connectivity index (χ1v) is 7.45. The van der Waals surface area contributed by atoms with Crippen molar-refractivity contribution in [2.75, 3.05) is 0 Å². The van der Waals surface area contributed by atoms with Crippen molar-refractivity contribution in [2.24, 2.45) is 11.8 Å². The van der Waals surface area contributed by atoms with Crippen LogP contribution in [0.25, 0.3) is 0 Å². The molecule has 6 atom stereocenters. The van der Waals surface area contributed by atoms with E-state index in [2.05, 4.69) is 34.9 Å². The molecule has 1 aliphatic heterocycles. The number of amides is 1. The molecule has 0 radical (unpaired) electrons. The third kappa shape index (κ3) is 1.45. The van der Waals surface area contributed by atoms with Crippen molar-refractivity contribution in [3.63, 3.8) is 0 Å². The maximum atomic E-state index is 12.2. The van der Waals surface area contributed by atoms with Gasteiger partial charge in [0.2, 0.25) is 5.91 Å². The number of hydrogen-bond donors (Lipinski definition) is 2. The zero-order valence-electron chi connectivity index (χ0n) is 10.8. The van der Waals surface area contributed by atoms with Crippen LogP contribution in [-0.4, -0.2) is 24.0 Å². The third-order valence-corrected chi connectivity index (χ3v) is 5.54. The van der Waals surface area contributed by atoms with Gasteiger partial charge in [0.05, 0.1) is 6.04 Å².